The van der Waals surface area contributed by atoms with Crippen LogP contribution >= 0.6 is 11.3 Å². The van der Waals surface area contributed by atoms with Crippen LogP contribution in [0.2, 0.25) is 0 Å². The Labute approximate surface area is 132 Å². The van der Waals surface area contributed by atoms with Gasteiger partial charge in [0, 0.05) is 15.6 Å². The number of piperidine rings is 1. The SMILES string of the molecule is CCNCC1CCN(C(C)c2cc3ccccc3s2)CC1. The van der Waals surface area contributed by atoms with E-state index in [-0.39, 0.29) is 0 Å². The summed E-state index contributed by atoms with van der Waals surface area (Å²) in [5, 5.41) is 4.89. The molecule has 1 atom stereocenters. The summed E-state index contributed by atoms with van der Waals surface area (Å²) in [6, 6.07) is 11.7. The topological polar surface area (TPSA) is 15.3 Å². The first-order valence-electron chi connectivity index (χ1n) is 8.21. The first-order chi connectivity index (χ1) is 10.3. The molecule has 3 rings (SSSR count). The van der Waals surface area contributed by atoms with Gasteiger partial charge in [-0.3, -0.25) is 4.90 Å². The second-order valence-electron chi connectivity index (χ2n) is 6.15. The van der Waals surface area contributed by atoms with Crippen LogP contribution in [0.5, 0.6) is 0 Å². The first-order valence-corrected chi connectivity index (χ1v) is 9.03. The molecule has 1 aliphatic heterocycles. The number of nitrogens with one attached hydrogen (secondary N) is 1. The molecular weight excluding hydrogens is 276 g/mol. The van der Waals surface area contributed by atoms with Crippen LogP contribution in [0.1, 0.15) is 37.6 Å². The number of nitrogens with zero attached hydrogens (tertiary/aromatic N) is 1. The van der Waals surface area contributed by atoms with Crippen LogP contribution in [0, 0.1) is 5.92 Å². The summed E-state index contributed by atoms with van der Waals surface area (Å²) in [7, 11) is 0. The predicted molar refractivity (Wildman–Crippen MR) is 93.1 cm³/mol. The van der Waals surface area contributed by atoms with E-state index in [0.29, 0.717) is 6.04 Å². The van der Waals surface area contributed by atoms with Crippen molar-refractivity contribution < 1.29 is 0 Å². The van der Waals surface area contributed by atoms with Gasteiger partial charge in [0.25, 0.3) is 0 Å². The van der Waals surface area contributed by atoms with E-state index in [1.165, 1.54) is 47.4 Å². The maximum Gasteiger partial charge on any atom is 0.0413 e. The molecular formula is C18H26N2S. The van der Waals surface area contributed by atoms with Gasteiger partial charge in [0.2, 0.25) is 0 Å². The van der Waals surface area contributed by atoms with Gasteiger partial charge < -0.3 is 5.32 Å². The van der Waals surface area contributed by atoms with Crippen LogP contribution in [0.15, 0.2) is 30.3 Å². The lowest BCUT2D eigenvalue weighted by Crippen LogP contribution is -2.38. The van der Waals surface area contributed by atoms with Crippen molar-refractivity contribution in [2.75, 3.05) is 26.2 Å². The highest BCUT2D eigenvalue weighted by molar-refractivity contribution is 7.19. The molecule has 0 saturated carbocycles. The summed E-state index contributed by atoms with van der Waals surface area (Å²) in [5.74, 6) is 0.871. The van der Waals surface area contributed by atoms with Crippen LogP contribution in [-0.4, -0.2) is 31.1 Å². The number of hydrogen-bond acceptors (Lipinski definition) is 3. The molecule has 1 fully saturated rings. The molecule has 2 nitrogen and oxygen atoms in total. The molecule has 1 saturated heterocycles. The van der Waals surface area contributed by atoms with Crippen LogP contribution < -0.4 is 5.32 Å². The molecule has 1 N–H and O–H groups in total. The average molecular weight is 302 g/mol. The van der Waals surface area contributed by atoms with E-state index in [4.69, 9.17) is 0 Å². The molecule has 0 bridgehead atoms. The lowest BCUT2D eigenvalue weighted by molar-refractivity contribution is 0.142. The summed E-state index contributed by atoms with van der Waals surface area (Å²) in [6.45, 7) is 9.34. The quantitative estimate of drug-likeness (QED) is 0.886. The van der Waals surface area contributed by atoms with Crippen LogP contribution in [0.3, 0.4) is 0 Å². The number of thiophene rings is 1. The fourth-order valence-electron chi connectivity index (χ4n) is 3.28. The molecule has 1 aromatic heterocycles. The number of benzene rings is 1. The summed E-state index contributed by atoms with van der Waals surface area (Å²) in [4.78, 5) is 4.18. The van der Waals surface area contributed by atoms with Gasteiger partial charge in [0.1, 0.15) is 0 Å². The molecule has 0 amide bonds. The average Bonchev–Trinajstić information content (AvgIpc) is 2.96. The van der Waals surface area contributed by atoms with E-state index in [1.807, 2.05) is 11.3 Å². The van der Waals surface area contributed by atoms with Crippen LogP contribution in [0.25, 0.3) is 10.1 Å². The number of rotatable bonds is 5. The normalized spacial score (nSPS) is 19.1. The van der Waals surface area contributed by atoms with Gasteiger partial charge in [-0.05, 0) is 69.4 Å². The molecule has 1 unspecified atom stereocenters. The second kappa shape index (κ2) is 6.91. The third-order valence-electron chi connectivity index (χ3n) is 4.74. The monoisotopic (exact) mass is 302 g/mol. The van der Waals surface area contributed by atoms with Gasteiger partial charge in [-0.15, -0.1) is 11.3 Å². The Morgan fingerprint density at radius 1 is 1.29 bits per heavy atom. The highest BCUT2D eigenvalue weighted by atomic mass is 32.1. The van der Waals surface area contributed by atoms with Crippen LogP contribution in [0.4, 0.5) is 0 Å². The van der Waals surface area contributed by atoms with Gasteiger partial charge in [0.05, 0.1) is 0 Å². The molecule has 1 aromatic carbocycles. The fraction of sp³-hybridized carbons (Fsp3) is 0.556. The zero-order chi connectivity index (χ0) is 14.7. The molecule has 0 aliphatic carbocycles. The molecule has 3 heteroatoms. The molecule has 2 heterocycles. The van der Waals surface area contributed by atoms with E-state index in [0.717, 1.165) is 12.5 Å². The van der Waals surface area contributed by atoms with Gasteiger partial charge in [-0.2, -0.15) is 0 Å². The smallest absolute Gasteiger partial charge is 0.0413 e. The van der Waals surface area contributed by atoms with Gasteiger partial charge in [-0.1, -0.05) is 25.1 Å². The van der Waals surface area contributed by atoms with E-state index < -0.39 is 0 Å². The van der Waals surface area contributed by atoms with Crippen molar-refractivity contribution in [3.05, 3.63) is 35.2 Å². The minimum Gasteiger partial charge on any atom is -0.317 e. The maximum atomic E-state index is 3.49. The lowest BCUT2D eigenvalue weighted by Gasteiger charge is -2.35. The largest absolute Gasteiger partial charge is 0.317 e. The third kappa shape index (κ3) is 3.47. The highest BCUT2D eigenvalue weighted by Crippen LogP contribution is 2.34. The lowest BCUT2D eigenvalue weighted by atomic mass is 9.95. The van der Waals surface area contributed by atoms with Gasteiger partial charge in [0.15, 0.2) is 0 Å². The number of likely N-dealkylation sites (tertiary alicyclic amines) is 1. The first kappa shape index (κ1) is 15.0. The molecule has 114 valence electrons. The van der Waals surface area contributed by atoms with E-state index in [2.05, 4.69) is 54.4 Å². The second-order valence-corrected chi connectivity index (χ2v) is 7.26. The Bertz CT molecular complexity index is 536. The van der Waals surface area contributed by atoms with E-state index in [1.54, 1.807) is 0 Å². The summed E-state index contributed by atoms with van der Waals surface area (Å²) in [5.41, 5.74) is 0. The van der Waals surface area contributed by atoms with E-state index >= 15 is 0 Å². The molecule has 0 spiro atoms. The van der Waals surface area contributed by atoms with Crippen molar-refractivity contribution in [1.29, 1.82) is 0 Å². The third-order valence-corrected chi connectivity index (χ3v) is 6.02. The Kier molecular flexibility index (Phi) is 4.94. The maximum absolute atomic E-state index is 3.49. The molecule has 2 aromatic rings. The Morgan fingerprint density at radius 2 is 2.05 bits per heavy atom. The van der Waals surface area contributed by atoms with E-state index in [9.17, 15) is 0 Å². The number of hydrogen-bond donors (Lipinski definition) is 1. The molecule has 21 heavy (non-hydrogen) atoms. The van der Waals surface area contributed by atoms with Gasteiger partial charge >= 0.3 is 0 Å². The van der Waals surface area contributed by atoms with Crippen molar-refractivity contribution in [3.8, 4) is 0 Å². The Hall–Kier alpha value is -0.900. The molecule has 0 radical (unpaired) electrons. The zero-order valence-electron chi connectivity index (χ0n) is 13.1. The van der Waals surface area contributed by atoms with Crippen molar-refractivity contribution in [2.24, 2.45) is 5.92 Å². The summed E-state index contributed by atoms with van der Waals surface area (Å²) in [6.07, 6.45) is 2.67. The minimum atomic E-state index is 0.558. The van der Waals surface area contributed by atoms with Crippen molar-refractivity contribution in [2.45, 2.75) is 32.7 Å². The number of fused-ring (bicyclic) bond motifs is 1. The van der Waals surface area contributed by atoms with Crippen molar-refractivity contribution in [1.82, 2.24) is 10.2 Å². The van der Waals surface area contributed by atoms with Crippen LogP contribution in [-0.2, 0) is 0 Å². The zero-order valence-corrected chi connectivity index (χ0v) is 14.0. The minimum absolute atomic E-state index is 0.558. The van der Waals surface area contributed by atoms with Crippen molar-refractivity contribution in [3.63, 3.8) is 0 Å². The summed E-state index contributed by atoms with van der Waals surface area (Å²) < 4.78 is 1.42. The fourth-order valence-corrected chi connectivity index (χ4v) is 4.43. The standard InChI is InChI=1S/C18H26N2S/c1-3-19-13-15-8-10-20(11-9-15)14(2)18-12-16-6-4-5-7-17(16)21-18/h4-7,12,14-15,19H,3,8-11,13H2,1-2H3. The highest BCUT2D eigenvalue weighted by Gasteiger charge is 2.24. The Morgan fingerprint density at radius 3 is 2.76 bits per heavy atom. The van der Waals surface area contributed by atoms with Crippen molar-refractivity contribution >= 4 is 21.4 Å². The molecule has 1 aliphatic rings. The van der Waals surface area contributed by atoms with Gasteiger partial charge in [-0.25, -0.2) is 0 Å². The Balaban J connectivity index is 1.62. The predicted octanol–water partition coefficient (Wildman–Crippen LogP) is 4.28. The summed E-state index contributed by atoms with van der Waals surface area (Å²) >= 11 is 1.96.